The van der Waals surface area contributed by atoms with Gasteiger partial charge in [0.15, 0.2) is 0 Å². The molecule has 3 fully saturated rings. The van der Waals surface area contributed by atoms with E-state index in [2.05, 4.69) is 39.9 Å². The Morgan fingerprint density at radius 3 is 2.50 bits per heavy atom. The minimum atomic E-state index is -0.188. The zero-order chi connectivity index (χ0) is 25.0. The van der Waals surface area contributed by atoms with Gasteiger partial charge in [0.25, 0.3) is 0 Å². The van der Waals surface area contributed by atoms with E-state index in [1.165, 1.54) is 17.7 Å². The van der Waals surface area contributed by atoms with E-state index in [1.54, 1.807) is 18.4 Å². The van der Waals surface area contributed by atoms with Crippen molar-refractivity contribution in [2.24, 2.45) is 11.3 Å². The predicted octanol–water partition coefficient (Wildman–Crippen LogP) is 5.01. The molecule has 0 radical (unpaired) electrons. The summed E-state index contributed by atoms with van der Waals surface area (Å²) in [6.45, 7) is 4.38. The maximum absolute atomic E-state index is 13.4. The number of carbonyl (C=O) groups excluding carboxylic acids is 2. The molecule has 6 nitrogen and oxygen atoms in total. The summed E-state index contributed by atoms with van der Waals surface area (Å²) in [7, 11) is 1.67. The predicted molar refractivity (Wildman–Crippen MR) is 143 cm³/mol. The van der Waals surface area contributed by atoms with Gasteiger partial charge in [0.05, 0.1) is 18.6 Å². The van der Waals surface area contributed by atoms with Crippen LogP contribution < -0.4 is 10.1 Å². The minimum absolute atomic E-state index is 0.0853. The highest BCUT2D eigenvalue weighted by molar-refractivity contribution is 7.10. The Labute approximate surface area is 219 Å². The van der Waals surface area contributed by atoms with Crippen LogP contribution >= 0.6 is 11.3 Å². The van der Waals surface area contributed by atoms with Gasteiger partial charge in [0.1, 0.15) is 5.75 Å². The number of carbonyl (C=O) groups is 2. The van der Waals surface area contributed by atoms with Crippen molar-refractivity contribution in [3.05, 3.63) is 52.2 Å². The van der Waals surface area contributed by atoms with E-state index in [0.717, 1.165) is 76.0 Å². The number of methoxy groups -OCH3 is 1. The molecule has 1 spiro atoms. The first-order valence-electron chi connectivity index (χ1n) is 13.5. The van der Waals surface area contributed by atoms with E-state index in [9.17, 15) is 9.59 Å². The Kier molecular flexibility index (Phi) is 7.96. The molecule has 1 saturated carbocycles. The van der Waals surface area contributed by atoms with Crippen LogP contribution in [0.1, 0.15) is 67.8 Å². The fraction of sp³-hybridized carbons (Fsp3) is 0.586. The van der Waals surface area contributed by atoms with E-state index in [1.807, 2.05) is 17.0 Å². The lowest BCUT2D eigenvalue weighted by Crippen LogP contribution is -2.45. The third-order valence-electron chi connectivity index (χ3n) is 8.61. The van der Waals surface area contributed by atoms with Gasteiger partial charge in [-0.3, -0.25) is 9.59 Å². The lowest BCUT2D eigenvalue weighted by molar-refractivity contribution is -0.139. The van der Waals surface area contributed by atoms with Crippen LogP contribution in [0.4, 0.5) is 0 Å². The smallest absolute Gasteiger partial charge is 0.229 e. The number of hydrogen-bond donors (Lipinski definition) is 1. The highest BCUT2D eigenvalue weighted by Gasteiger charge is 2.47. The molecule has 3 aliphatic rings. The minimum Gasteiger partial charge on any atom is -0.497 e. The molecule has 1 aromatic heterocycles. The number of benzene rings is 1. The number of nitrogens with one attached hydrogen (secondary N) is 1. The summed E-state index contributed by atoms with van der Waals surface area (Å²) in [5, 5.41) is 5.46. The lowest BCUT2D eigenvalue weighted by atomic mass is 9.77. The maximum Gasteiger partial charge on any atom is 0.229 e. The van der Waals surface area contributed by atoms with Crippen LogP contribution in [0.25, 0.3) is 0 Å². The van der Waals surface area contributed by atoms with Crippen LogP contribution in [-0.2, 0) is 16.1 Å². The molecule has 1 unspecified atom stereocenters. The Bertz CT molecular complexity index is 1010. The van der Waals surface area contributed by atoms with E-state index in [4.69, 9.17) is 4.74 Å². The lowest BCUT2D eigenvalue weighted by Gasteiger charge is -2.38. The summed E-state index contributed by atoms with van der Waals surface area (Å²) in [6.07, 6.45) is 8.16. The molecule has 5 rings (SSSR count). The van der Waals surface area contributed by atoms with E-state index in [0.29, 0.717) is 12.5 Å². The molecule has 1 N–H and O–H groups in total. The number of nitrogens with zero attached hydrogens (tertiary/aromatic N) is 2. The second-order valence-electron chi connectivity index (χ2n) is 10.8. The molecule has 194 valence electrons. The zero-order valence-electron chi connectivity index (χ0n) is 21.4. The van der Waals surface area contributed by atoms with Crippen LogP contribution in [0.2, 0.25) is 0 Å². The van der Waals surface area contributed by atoms with Gasteiger partial charge in [-0.05, 0) is 80.8 Å². The SMILES string of the molecule is COc1ccc(CN2CCC3(CCN(CCC(NC(=O)C4CCCC4)c4cccs4)CC3)C2=O)cc1. The van der Waals surface area contributed by atoms with Crippen LogP contribution in [0.5, 0.6) is 5.75 Å². The standard InChI is InChI=1S/C29H39N3O3S/c1-35-24-10-8-22(9-11-24)21-32-19-15-29(28(32)34)13-17-31(18-14-29)16-12-25(26-7-4-20-36-26)30-27(33)23-5-2-3-6-23/h4,7-11,20,23,25H,2-3,5-6,12-19,21H2,1H3,(H,30,33). The summed E-state index contributed by atoms with van der Waals surface area (Å²) in [5.41, 5.74) is 0.963. The van der Waals surface area contributed by atoms with Gasteiger partial charge >= 0.3 is 0 Å². The number of thiophene rings is 1. The molecule has 3 heterocycles. The fourth-order valence-corrected chi connectivity index (χ4v) is 7.04. The first-order valence-corrected chi connectivity index (χ1v) is 14.4. The molecule has 2 saturated heterocycles. The number of hydrogen-bond acceptors (Lipinski definition) is 5. The van der Waals surface area contributed by atoms with Crippen molar-refractivity contribution in [3.63, 3.8) is 0 Å². The van der Waals surface area contributed by atoms with Crippen molar-refractivity contribution >= 4 is 23.2 Å². The van der Waals surface area contributed by atoms with Gasteiger partial charge < -0.3 is 19.9 Å². The van der Waals surface area contributed by atoms with Crippen molar-refractivity contribution < 1.29 is 14.3 Å². The highest BCUT2D eigenvalue weighted by atomic mass is 32.1. The van der Waals surface area contributed by atoms with Crippen molar-refractivity contribution in [1.29, 1.82) is 0 Å². The number of rotatable bonds is 9. The summed E-state index contributed by atoms with van der Waals surface area (Å²) in [4.78, 5) is 32.0. The number of amides is 2. The van der Waals surface area contributed by atoms with Crippen LogP contribution in [0, 0.1) is 11.3 Å². The van der Waals surface area contributed by atoms with Gasteiger partial charge in [-0.2, -0.15) is 0 Å². The zero-order valence-corrected chi connectivity index (χ0v) is 22.2. The van der Waals surface area contributed by atoms with Crippen LogP contribution in [-0.4, -0.2) is 54.9 Å². The van der Waals surface area contributed by atoms with Gasteiger partial charge in [-0.15, -0.1) is 11.3 Å². The third-order valence-corrected chi connectivity index (χ3v) is 9.60. The first kappa shape index (κ1) is 25.3. The van der Waals surface area contributed by atoms with E-state index >= 15 is 0 Å². The molecular weight excluding hydrogens is 470 g/mol. The third kappa shape index (κ3) is 5.62. The van der Waals surface area contributed by atoms with Gasteiger partial charge in [0, 0.05) is 30.4 Å². The van der Waals surface area contributed by atoms with Crippen molar-refractivity contribution in [3.8, 4) is 5.75 Å². The maximum atomic E-state index is 13.4. The van der Waals surface area contributed by atoms with Gasteiger partial charge in [0.2, 0.25) is 11.8 Å². The quantitative estimate of drug-likeness (QED) is 0.516. The van der Waals surface area contributed by atoms with Crippen LogP contribution in [0.3, 0.4) is 0 Å². The molecule has 2 aliphatic heterocycles. The van der Waals surface area contributed by atoms with Crippen molar-refractivity contribution in [1.82, 2.24) is 15.1 Å². The van der Waals surface area contributed by atoms with Gasteiger partial charge in [-0.1, -0.05) is 31.0 Å². The van der Waals surface area contributed by atoms with E-state index in [-0.39, 0.29) is 23.3 Å². The topological polar surface area (TPSA) is 61.9 Å². The van der Waals surface area contributed by atoms with Crippen molar-refractivity contribution in [2.45, 2.75) is 64.0 Å². The number of piperidine rings is 1. The molecular formula is C29H39N3O3S. The molecule has 2 amide bonds. The average Bonchev–Trinajstić information content (AvgIpc) is 3.68. The molecule has 1 aliphatic carbocycles. The summed E-state index contributed by atoms with van der Waals surface area (Å²) >= 11 is 1.73. The van der Waals surface area contributed by atoms with Gasteiger partial charge in [-0.25, -0.2) is 0 Å². The molecule has 0 bridgehead atoms. The molecule has 36 heavy (non-hydrogen) atoms. The monoisotopic (exact) mass is 509 g/mol. The highest BCUT2D eigenvalue weighted by Crippen LogP contribution is 2.42. The Hall–Kier alpha value is -2.38. The Morgan fingerprint density at radius 1 is 1.11 bits per heavy atom. The molecule has 1 aromatic carbocycles. The molecule has 2 aromatic rings. The summed E-state index contributed by atoms with van der Waals surface area (Å²) in [5.74, 6) is 1.60. The first-order chi connectivity index (χ1) is 17.6. The molecule has 1 atom stereocenters. The normalized spacial score (nSPS) is 21.2. The second-order valence-corrected chi connectivity index (χ2v) is 11.8. The molecule has 7 heteroatoms. The van der Waals surface area contributed by atoms with E-state index < -0.39 is 0 Å². The Balaban J connectivity index is 1.12. The van der Waals surface area contributed by atoms with Crippen LogP contribution in [0.15, 0.2) is 41.8 Å². The number of likely N-dealkylation sites (tertiary alicyclic amines) is 2. The average molecular weight is 510 g/mol. The Morgan fingerprint density at radius 2 is 1.83 bits per heavy atom. The summed E-state index contributed by atoms with van der Waals surface area (Å²) in [6, 6.07) is 12.3. The van der Waals surface area contributed by atoms with Crippen molar-refractivity contribution in [2.75, 3.05) is 33.3 Å². The largest absolute Gasteiger partial charge is 0.497 e. The summed E-state index contributed by atoms with van der Waals surface area (Å²) < 4.78 is 5.25. The second kappa shape index (κ2) is 11.3. The fourth-order valence-electron chi connectivity index (χ4n) is 6.23. The number of ether oxygens (including phenoxy) is 1.